The summed E-state index contributed by atoms with van der Waals surface area (Å²) in [5.41, 5.74) is 5.89. The maximum atomic E-state index is 12.2. The number of sulfone groups is 1. The molecule has 1 saturated carbocycles. The summed E-state index contributed by atoms with van der Waals surface area (Å²) in [7, 11) is -6.43. The smallest absolute Gasteiger partial charge is 0.214 e. The predicted molar refractivity (Wildman–Crippen MR) is 78.5 cm³/mol. The van der Waals surface area contributed by atoms with Gasteiger partial charge in [-0.1, -0.05) is 6.42 Å². The van der Waals surface area contributed by atoms with Crippen LogP contribution in [0.5, 0.6) is 0 Å². The van der Waals surface area contributed by atoms with Crippen molar-refractivity contribution in [1.29, 1.82) is 0 Å². The monoisotopic (exact) mass is 324 g/mol. The van der Waals surface area contributed by atoms with Crippen LogP contribution in [-0.4, -0.2) is 46.2 Å². The van der Waals surface area contributed by atoms with Crippen molar-refractivity contribution in [2.75, 3.05) is 18.1 Å². The molecular weight excluding hydrogens is 300 g/mol. The largest absolute Gasteiger partial charge is 0.328 e. The highest BCUT2D eigenvalue weighted by molar-refractivity contribution is 7.92. The van der Waals surface area contributed by atoms with Gasteiger partial charge in [0, 0.05) is 12.6 Å². The Morgan fingerprint density at radius 3 is 2.35 bits per heavy atom. The maximum Gasteiger partial charge on any atom is 0.214 e. The molecule has 2 unspecified atom stereocenters. The van der Waals surface area contributed by atoms with Crippen LogP contribution in [0.15, 0.2) is 0 Å². The molecule has 2 rings (SSSR count). The van der Waals surface area contributed by atoms with E-state index in [-0.39, 0.29) is 30.4 Å². The van der Waals surface area contributed by atoms with Gasteiger partial charge < -0.3 is 5.73 Å². The molecule has 20 heavy (non-hydrogen) atoms. The quantitative estimate of drug-likeness (QED) is 0.757. The summed E-state index contributed by atoms with van der Waals surface area (Å²) in [6.07, 6.45) is 4.36. The van der Waals surface area contributed by atoms with Gasteiger partial charge in [-0.15, -0.1) is 0 Å². The molecular formula is C12H24N2O4S2. The van der Waals surface area contributed by atoms with Crippen LogP contribution in [0.4, 0.5) is 0 Å². The molecule has 1 heterocycles. The first-order chi connectivity index (χ1) is 9.28. The molecule has 1 aliphatic heterocycles. The molecule has 0 amide bonds. The third-order valence-corrected chi connectivity index (χ3v) is 7.97. The van der Waals surface area contributed by atoms with Crippen LogP contribution in [-0.2, 0) is 19.9 Å². The standard InChI is InChI=1S/C12H24N2O4S2/c13-11-3-1-2-10(8-11)9-14-20(17,18)12-4-6-19(15,16)7-5-12/h10-12,14H,1-9,13H2. The molecule has 0 aromatic carbocycles. The Morgan fingerprint density at radius 1 is 1.10 bits per heavy atom. The number of nitrogens with one attached hydrogen (secondary N) is 1. The summed E-state index contributed by atoms with van der Waals surface area (Å²) in [5.74, 6) is 0.264. The molecule has 2 atom stereocenters. The fourth-order valence-electron chi connectivity index (χ4n) is 3.05. The summed E-state index contributed by atoms with van der Waals surface area (Å²) in [6, 6.07) is 0.179. The molecule has 0 aromatic rings. The van der Waals surface area contributed by atoms with Gasteiger partial charge in [-0.25, -0.2) is 21.6 Å². The second kappa shape index (κ2) is 6.29. The summed E-state index contributed by atoms with van der Waals surface area (Å²) < 4.78 is 49.7. The highest BCUT2D eigenvalue weighted by Gasteiger charge is 2.33. The Balaban J connectivity index is 1.85. The van der Waals surface area contributed by atoms with Crippen LogP contribution in [0, 0.1) is 5.92 Å². The fourth-order valence-corrected chi connectivity index (χ4v) is 6.40. The molecule has 0 aromatic heterocycles. The topological polar surface area (TPSA) is 106 Å². The van der Waals surface area contributed by atoms with Crippen molar-refractivity contribution >= 4 is 19.9 Å². The highest BCUT2D eigenvalue weighted by Crippen LogP contribution is 2.23. The average molecular weight is 324 g/mol. The Labute approximate surface area is 121 Å². The van der Waals surface area contributed by atoms with Gasteiger partial charge in [-0.05, 0) is 38.0 Å². The summed E-state index contributed by atoms with van der Waals surface area (Å²) in [4.78, 5) is 0. The van der Waals surface area contributed by atoms with Crippen molar-refractivity contribution in [3.05, 3.63) is 0 Å². The Kier molecular flexibility index (Phi) is 5.09. The molecule has 2 fully saturated rings. The molecule has 118 valence electrons. The molecule has 8 heteroatoms. The van der Waals surface area contributed by atoms with Crippen LogP contribution in [0.2, 0.25) is 0 Å². The minimum atomic E-state index is -3.41. The third kappa shape index (κ3) is 4.41. The van der Waals surface area contributed by atoms with Gasteiger partial charge in [0.05, 0.1) is 16.8 Å². The number of sulfonamides is 1. The molecule has 3 N–H and O–H groups in total. The molecule has 1 aliphatic carbocycles. The zero-order valence-corrected chi connectivity index (χ0v) is 13.3. The second-order valence-corrected chi connectivity index (χ2v) is 10.4. The van der Waals surface area contributed by atoms with E-state index in [1.54, 1.807) is 0 Å². The van der Waals surface area contributed by atoms with Gasteiger partial charge in [0.15, 0.2) is 0 Å². The van der Waals surface area contributed by atoms with E-state index in [1.807, 2.05) is 0 Å². The van der Waals surface area contributed by atoms with E-state index in [1.165, 1.54) is 0 Å². The van der Waals surface area contributed by atoms with E-state index in [2.05, 4.69) is 4.72 Å². The van der Waals surface area contributed by atoms with Gasteiger partial charge in [0.1, 0.15) is 9.84 Å². The van der Waals surface area contributed by atoms with Gasteiger partial charge in [-0.3, -0.25) is 0 Å². The van der Waals surface area contributed by atoms with Crippen molar-refractivity contribution in [3.63, 3.8) is 0 Å². The Hall–Kier alpha value is -0.180. The van der Waals surface area contributed by atoms with Crippen molar-refractivity contribution in [3.8, 4) is 0 Å². The Morgan fingerprint density at radius 2 is 1.75 bits per heavy atom. The first kappa shape index (κ1) is 16.2. The van der Waals surface area contributed by atoms with Gasteiger partial charge in [0.25, 0.3) is 0 Å². The van der Waals surface area contributed by atoms with Gasteiger partial charge >= 0.3 is 0 Å². The normalized spacial score (nSPS) is 32.0. The lowest BCUT2D eigenvalue weighted by Gasteiger charge is -2.28. The predicted octanol–water partition coefficient (Wildman–Crippen LogP) is 0.000500. The van der Waals surface area contributed by atoms with E-state index >= 15 is 0 Å². The number of hydrogen-bond donors (Lipinski definition) is 2. The highest BCUT2D eigenvalue weighted by atomic mass is 32.2. The first-order valence-corrected chi connectivity index (χ1v) is 10.6. The maximum absolute atomic E-state index is 12.2. The zero-order valence-electron chi connectivity index (χ0n) is 11.6. The molecule has 2 aliphatic rings. The van der Waals surface area contributed by atoms with Crippen LogP contribution in [0.1, 0.15) is 38.5 Å². The van der Waals surface area contributed by atoms with E-state index in [9.17, 15) is 16.8 Å². The molecule has 0 radical (unpaired) electrons. The lowest BCUT2D eigenvalue weighted by atomic mass is 9.86. The second-order valence-electron chi connectivity index (χ2n) is 6.04. The van der Waals surface area contributed by atoms with E-state index in [4.69, 9.17) is 5.73 Å². The van der Waals surface area contributed by atoms with E-state index in [0.29, 0.717) is 12.5 Å². The zero-order chi connectivity index (χ0) is 14.8. The lowest BCUT2D eigenvalue weighted by Crippen LogP contribution is -2.42. The minimum Gasteiger partial charge on any atom is -0.328 e. The van der Waals surface area contributed by atoms with Gasteiger partial charge in [0.2, 0.25) is 10.0 Å². The molecule has 1 saturated heterocycles. The van der Waals surface area contributed by atoms with Gasteiger partial charge in [-0.2, -0.15) is 0 Å². The lowest BCUT2D eigenvalue weighted by molar-refractivity contribution is 0.321. The van der Waals surface area contributed by atoms with Crippen molar-refractivity contribution in [1.82, 2.24) is 4.72 Å². The number of hydrogen-bond acceptors (Lipinski definition) is 5. The van der Waals surface area contributed by atoms with Crippen LogP contribution in [0.3, 0.4) is 0 Å². The van der Waals surface area contributed by atoms with E-state index < -0.39 is 25.1 Å². The van der Waals surface area contributed by atoms with Crippen molar-refractivity contribution < 1.29 is 16.8 Å². The molecule has 0 bridgehead atoms. The minimum absolute atomic E-state index is 0.0210. The molecule has 0 spiro atoms. The van der Waals surface area contributed by atoms with Crippen molar-refractivity contribution in [2.24, 2.45) is 11.7 Å². The van der Waals surface area contributed by atoms with Crippen LogP contribution < -0.4 is 10.5 Å². The average Bonchev–Trinajstić information content (AvgIpc) is 2.36. The first-order valence-electron chi connectivity index (χ1n) is 7.23. The van der Waals surface area contributed by atoms with Crippen LogP contribution >= 0.6 is 0 Å². The summed E-state index contributed by atoms with van der Waals surface area (Å²) >= 11 is 0. The molecule has 6 nitrogen and oxygen atoms in total. The number of rotatable bonds is 4. The third-order valence-electron chi connectivity index (χ3n) is 4.34. The number of nitrogens with two attached hydrogens (primary N) is 1. The van der Waals surface area contributed by atoms with Crippen LogP contribution in [0.25, 0.3) is 0 Å². The Bertz CT molecular complexity index is 516. The van der Waals surface area contributed by atoms with Crippen molar-refractivity contribution in [2.45, 2.75) is 49.8 Å². The summed E-state index contributed by atoms with van der Waals surface area (Å²) in [5, 5.41) is -0.566. The SMILES string of the molecule is NC1CCCC(CNS(=O)(=O)C2CCS(=O)(=O)CC2)C1. The summed E-state index contributed by atoms with van der Waals surface area (Å²) in [6.45, 7) is 0.430. The van der Waals surface area contributed by atoms with E-state index in [0.717, 1.165) is 25.7 Å². The fraction of sp³-hybridized carbons (Fsp3) is 1.00.